The lowest BCUT2D eigenvalue weighted by atomic mass is 10.1. The van der Waals surface area contributed by atoms with E-state index < -0.39 is 12.1 Å². The SMILES string of the molecule is N#CC(NC(N)=O)c1ccc(Cl)cc1. The van der Waals surface area contributed by atoms with Crippen LogP contribution in [0.25, 0.3) is 0 Å². The fraction of sp³-hybridized carbons (Fsp3) is 0.111. The van der Waals surface area contributed by atoms with Crippen molar-refractivity contribution in [1.82, 2.24) is 5.32 Å². The highest BCUT2D eigenvalue weighted by atomic mass is 35.5. The summed E-state index contributed by atoms with van der Waals surface area (Å²) in [6, 6.07) is 7.06. The van der Waals surface area contributed by atoms with Gasteiger partial charge in [-0.1, -0.05) is 23.7 Å². The molecular formula is C9H8ClN3O. The van der Waals surface area contributed by atoms with Crippen molar-refractivity contribution in [3.8, 4) is 6.07 Å². The van der Waals surface area contributed by atoms with E-state index in [4.69, 9.17) is 22.6 Å². The fourth-order valence-corrected chi connectivity index (χ4v) is 1.11. The standard InChI is InChI=1S/C9H8ClN3O/c10-7-3-1-6(2-4-7)8(5-11)13-9(12)14/h1-4,8H,(H3,12,13,14). The van der Waals surface area contributed by atoms with Gasteiger partial charge in [0, 0.05) is 5.02 Å². The van der Waals surface area contributed by atoms with E-state index in [0.29, 0.717) is 10.6 Å². The zero-order valence-corrected chi connectivity index (χ0v) is 7.95. The van der Waals surface area contributed by atoms with E-state index in [1.807, 2.05) is 6.07 Å². The molecule has 0 radical (unpaired) electrons. The highest BCUT2D eigenvalue weighted by molar-refractivity contribution is 6.30. The Balaban J connectivity index is 2.85. The van der Waals surface area contributed by atoms with E-state index in [2.05, 4.69) is 5.32 Å². The third-order valence-electron chi connectivity index (χ3n) is 1.62. The van der Waals surface area contributed by atoms with Crippen molar-refractivity contribution in [2.75, 3.05) is 0 Å². The molecule has 14 heavy (non-hydrogen) atoms. The molecule has 1 atom stereocenters. The summed E-state index contributed by atoms with van der Waals surface area (Å²) in [5, 5.41) is 11.6. The van der Waals surface area contributed by atoms with E-state index in [0.717, 1.165) is 0 Å². The molecular weight excluding hydrogens is 202 g/mol. The molecule has 0 heterocycles. The Morgan fingerprint density at radius 1 is 1.50 bits per heavy atom. The third kappa shape index (κ3) is 2.64. The van der Waals surface area contributed by atoms with Crippen LogP contribution in [0.5, 0.6) is 0 Å². The average molecular weight is 210 g/mol. The minimum atomic E-state index is -0.732. The van der Waals surface area contributed by atoms with Crippen LogP contribution >= 0.6 is 11.6 Å². The Kier molecular flexibility index (Phi) is 3.32. The van der Waals surface area contributed by atoms with E-state index in [1.54, 1.807) is 24.3 Å². The first-order valence-corrected chi connectivity index (χ1v) is 4.22. The van der Waals surface area contributed by atoms with Gasteiger partial charge in [-0.05, 0) is 17.7 Å². The quantitative estimate of drug-likeness (QED) is 0.776. The number of halogens is 1. The maximum absolute atomic E-state index is 10.5. The molecule has 3 N–H and O–H groups in total. The summed E-state index contributed by atoms with van der Waals surface area (Å²) < 4.78 is 0. The number of hydrogen-bond donors (Lipinski definition) is 2. The number of amides is 2. The van der Waals surface area contributed by atoms with Gasteiger partial charge in [-0.3, -0.25) is 0 Å². The molecule has 1 rings (SSSR count). The molecule has 0 spiro atoms. The van der Waals surface area contributed by atoms with Crippen LogP contribution in [0.15, 0.2) is 24.3 Å². The van der Waals surface area contributed by atoms with Crippen molar-refractivity contribution in [1.29, 1.82) is 5.26 Å². The molecule has 5 heteroatoms. The number of carbonyl (C=O) groups excluding carboxylic acids is 1. The number of nitriles is 1. The van der Waals surface area contributed by atoms with Gasteiger partial charge in [-0.15, -0.1) is 0 Å². The van der Waals surface area contributed by atoms with E-state index in [-0.39, 0.29) is 0 Å². The summed E-state index contributed by atoms with van der Waals surface area (Å²) in [4.78, 5) is 10.5. The highest BCUT2D eigenvalue weighted by Crippen LogP contribution is 2.15. The van der Waals surface area contributed by atoms with Gasteiger partial charge in [0.05, 0.1) is 6.07 Å². The molecule has 0 fully saturated rings. The monoisotopic (exact) mass is 209 g/mol. The molecule has 0 saturated carbocycles. The number of nitrogens with one attached hydrogen (secondary N) is 1. The first-order valence-electron chi connectivity index (χ1n) is 3.84. The van der Waals surface area contributed by atoms with Crippen LogP contribution < -0.4 is 11.1 Å². The van der Waals surface area contributed by atoms with Crippen molar-refractivity contribution in [3.63, 3.8) is 0 Å². The van der Waals surface area contributed by atoms with Crippen LogP contribution in [0.1, 0.15) is 11.6 Å². The van der Waals surface area contributed by atoms with Crippen LogP contribution in [0.2, 0.25) is 5.02 Å². The lowest BCUT2D eigenvalue weighted by molar-refractivity contribution is 0.247. The number of rotatable bonds is 2. The maximum Gasteiger partial charge on any atom is 0.313 e. The van der Waals surface area contributed by atoms with Crippen LogP contribution in [-0.4, -0.2) is 6.03 Å². The number of urea groups is 1. The summed E-state index contributed by atoms with van der Waals surface area (Å²) in [7, 11) is 0. The Morgan fingerprint density at radius 3 is 2.50 bits per heavy atom. The van der Waals surface area contributed by atoms with Gasteiger partial charge in [0.15, 0.2) is 0 Å². The predicted molar refractivity (Wildman–Crippen MR) is 52.5 cm³/mol. The van der Waals surface area contributed by atoms with E-state index in [9.17, 15) is 4.79 Å². The number of nitrogens with two attached hydrogens (primary N) is 1. The summed E-state index contributed by atoms with van der Waals surface area (Å²) in [6.45, 7) is 0. The number of nitrogens with zero attached hydrogens (tertiary/aromatic N) is 1. The van der Waals surface area contributed by atoms with Crippen molar-refractivity contribution in [2.24, 2.45) is 5.73 Å². The molecule has 1 aromatic rings. The smallest absolute Gasteiger partial charge is 0.313 e. The average Bonchev–Trinajstić information content (AvgIpc) is 2.15. The molecule has 0 aliphatic carbocycles. The molecule has 1 unspecified atom stereocenters. The molecule has 72 valence electrons. The molecule has 4 nitrogen and oxygen atoms in total. The molecule has 0 aliphatic rings. The molecule has 0 aliphatic heterocycles. The zero-order valence-electron chi connectivity index (χ0n) is 7.20. The van der Waals surface area contributed by atoms with Crippen LogP contribution in [0, 0.1) is 11.3 Å². The van der Waals surface area contributed by atoms with Gasteiger partial charge in [0.25, 0.3) is 0 Å². The number of hydrogen-bond acceptors (Lipinski definition) is 2. The second kappa shape index (κ2) is 4.49. The lowest BCUT2D eigenvalue weighted by Crippen LogP contribution is -2.32. The largest absolute Gasteiger partial charge is 0.352 e. The second-order valence-corrected chi connectivity index (χ2v) is 3.06. The molecule has 2 amide bonds. The van der Waals surface area contributed by atoms with Crippen molar-refractivity contribution < 1.29 is 4.79 Å². The van der Waals surface area contributed by atoms with Crippen molar-refractivity contribution in [3.05, 3.63) is 34.9 Å². The Bertz CT molecular complexity index is 369. The van der Waals surface area contributed by atoms with E-state index >= 15 is 0 Å². The maximum atomic E-state index is 10.5. The summed E-state index contributed by atoms with van der Waals surface area (Å²) in [5.74, 6) is 0. The Hall–Kier alpha value is -1.73. The minimum absolute atomic E-state index is 0.574. The number of carbonyl (C=O) groups is 1. The second-order valence-electron chi connectivity index (χ2n) is 2.62. The summed E-state index contributed by atoms with van der Waals surface area (Å²) >= 11 is 5.67. The number of benzene rings is 1. The van der Waals surface area contributed by atoms with Gasteiger partial charge < -0.3 is 11.1 Å². The van der Waals surface area contributed by atoms with Gasteiger partial charge in [-0.2, -0.15) is 5.26 Å². The van der Waals surface area contributed by atoms with E-state index in [1.165, 1.54) is 0 Å². The Morgan fingerprint density at radius 2 is 2.07 bits per heavy atom. The van der Waals surface area contributed by atoms with Crippen molar-refractivity contribution in [2.45, 2.75) is 6.04 Å². The Labute approximate surface area is 86.3 Å². The van der Waals surface area contributed by atoms with Crippen LogP contribution in [0.3, 0.4) is 0 Å². The fourth-order valence-electron chi connectivity index (χ4n) is 0.988. The lowest BCUT2D eigenvalue weighted by Gasteiger charge is -2.09. The molecule has 0 aromatic heterocycles. The van der Waals surface area contributed by atoms with Gasteiger partial charge >= 0.3 is 6.03 Å². The molecule has 1 aromatic carbocycles. The minimum Gasteiger partial charge on any atom is -0.352 e. The van der Waals surface area contributed by atoms with Crippen LogP contribution in [0.4, 0.5) is 4.79 Å². The van der Waals surface area contributed by atoms with Gasteiger partial charge in [0.2, 0.25) is 0 Å². The summed E-state index contributed by atoms with van der Waals surface area (Å²) in [5.41, 5.74) is 5.56. The summed E-state index contributed by atoms with van der Waals surface area (Å²) in [6.07, 6.45) is 0. The van der Waals surface area contributed by atoms with Crippen molar-refractivity contribution >= 4 is 17.6 Å². The van der Waals surface area contributed by atoms with Crippen LogP contribution in [-0.2, 0) is 0 Å². The first-order chi connectivity index (χ1) is 6.63. The van der Waals surface area contributed by atoms with Gasteiger partial charge in [-0.25, -0.2) is 4.79 Å². The third-order valence-corrected chi connectivity index (χ3v) is 1.87. The van der Waals surface area contributed by atoms with Gasteiger partial charge in [0.1, 0.15) is 6.04 Å². The predicted octanol–water partition coefficient (Wildman–Crippen LogP) is 1.57. The number of primary amides is 1. The molecule has 0 bridgehead atoms. The first kappa shape index (κ1) is 10.4. The highest BCUT2D eigenvalue weighted by Gasteiger charge is 2.10. The molecule has 0 saturated heterocycles. The topological polar surface area (TPSA) is 78.9 Å². The zero-order chi connectivity index (χ0) is 10.6. The normalized spacial score (nSPS) is 11.4.